The fourth-order valence-electron chi connectivity index (χ4n) is 3.26. The molecule has 0 fully saturated rings. The van der Waals surface area contributed by atoms with Crippen LogP contribution in [0.15, 0.2) is 76.1 Å². The number of carbonyl (C=O) groups excluding carboxylic acids is 1. The monoisotopic (exact) mass is 516 g/mol. The zero-order valence-electron chi connectivity index (χ0n) is 18.1. The van der Waals surface area contributed by atoms with Crippen LogP contribution in [0.2, 0.25) is 0 Å². The Morgan fingerprint density at radius 1 is 1.00 bits per heavy atom. The highest BCUT2D eigenvalue weighted by atomic mass is 79.9. The van der Waals surface area contributed by atoms with Crippen LogP contribution in [0.25, 0.3) is 0 Å². The van der Waals surface area contributed by atoms with Crippen molar-refractivity contribution >= 4 is 37.5 Å². The van der Waals surface area contributed by atoms with Crippen LogP contribution in [0, 0.1) is 13.8 Å². The molecule has 8 heteroatoms. The van der Waals surface area contributed by atoms with Crippen molar-refractivity contribution in [1.29, 1.82) is 0 Å². The number of hydrogen-bond donors (Lipinski definition) is 2. The van der Waals surface area contributed by atoms with E-state index in [9.17, 15) is 13.2 Å². The molecule has 0 unspecified atom stereocenters. The minimum Gasteiger partial charge on any atom is -0.484 e. The van der Waals surface area contributed by atoms with E-state index in [1.165, 1.54) is 24.3 Å². The summed E-state index contributed by atoms with van der Waals surface area (Å²) in [6.45, 7) is 5.43. The van der Waals surface area contributed by atoms with Gasteiger partial charge >= 0.3 is 0 Å². The maximum absolute atomic E-state index is 12.7. The maximum Gasteiger partial charge on any atom is 0.262 e. The predicted octanol–water partition coefficient (Wildman–Crippen LogP) is 5.12. The van der Waals surface area contributed by atoms with Crippen molar-refractivity contribution in [2.24, 2.45) is 0 Å². The van der Waals surface area contributed by atoms with Gasteiger partial charge < -0.3 is 10.1 Å². The molecule has 0 aliphatic rings. The van der Waals surface area contributed by atoms with E-state index in [0.717, 1.165) is 26.9 Å². The van der Waals surface area contributed by atoms with Gasteiger partial charge in [0, 0.05) is 16.2 Å². The summed E-state index contributed by atoms with van der Waals surface area (Å²) >= 11 is 3.43. The molecule has 0 saturated heterocycles. The number of aryl methyl sites for hydroxylation is 2. The van der Waals surface area contributed by atoms with Gasteiger partial charge in [-0.3, -0.25) is 4.79 Å². The number of hydrogen-bond acceptors (Lipinski definition) is 4. The van der Waals surface area contributed by atoms with Gasteiger partial charge in [0.2, 0.25) is 10.0 Å². The van der Waals surface area contributed by atoms with Crippen LogP contribution in [-0.4, -0.2) is 20.9 Å². The van der Waals surface area contributed by atoms with Crippen LogP contribution in [0.3, 0.4) is 0 Å². The Labute approximate surface area is 197 Å². The van der Waals surface area contributed by atoms with E-state index in [1.54, 1.807) is 6.92 Å². The molecule has 3 rings (SSSR count). The molecule has 1 amide bonds. The van der Waals surface area contributed by atoms with Crippen molar-refractivity contribution in [3.63, 3.8) is 0 Å². The summed E-state index contributed by atoms with van der Waals surface area (Å²) in [6, 6.07) is 18.8. The van der Waals surface area contributed by atoms with Crippen LogP contribution in [0.1, 0.15) is 29.7 Å². The molecule has 0 radical (unpaired) electrons. The third kappa shape index (κ3) is 6.18. The fourth-order valence-corrected chi connectivity index (χ4v) is 5.18. The van der Waals surface area contributed by atoms with Crippen molar-refractivity contribution in [1.82, 2.24) is 4.72 Å². The van der Waals surface area contributed by atoms with Gasteiger partial charge in [-0.15, -0.1) is 0 Å². The van der Waals surface area contributed by atoms with Crippen molar-refractivity contribution in [2.75, 3.05) is 11.9 Å². The fraction of sp³-hybridized carbons (Fsp3) is 0.208. The molecule has 0 aromatic heterocycles. The van der Waals surface area contributed by atoms with E-state index in [0.29, 0.717) is 5.75 Å². The molecular weight excluding hydrogens is 492 g/mol. The molecule has 0 heterocycles. The molecule has 0 spiro atoms. The average Bonchev–Trinajstić information content (AvgIpc) is 2.75. The number of halogens is 1. The molecule has 0 aliphatic heterocycles. The first-order chi connectivity index (χ1) is 15.2. The summed E-state index contributed by atoms with van der Waals surface area (Å²) < 4.78 is 34.5. The third-order valence-corrected chi connectivity index (χ3v) is 6.91. The summed E-state index contributed by atoms with van der Waals surface area (Å²) in [7, 11) is -3.70. The van der Waals surface area contributed by atoms with Crippen LogP contribution < -0.4 is 14.8 Å². The second kappa shape index (κ2) is 10.3. The summed E-state index contributed by atoms with van der Waals surface area (Å²) in [5.41, 5.74) is 3.51. The molecule has 3 aromatic rings. The van der Waals surface area contributed by atoms with Gasteiger partial charge in [-0.05, 0) is 73.9 Å². The number of carbonyl (C=O) groups is 1. The van der Waals surface area contributed by atoms with Gasteiger partial charge in [0.15, 0.2) is 6.61 Å². The van der Waals surface area contributed by atoms with E-state index in [4.69, 9.17) is 4.74 Å². The molecule has 32 heavy (non-hydrogen) atoms. The molecule has 2 N–H and O–H groups in total. The first-order valence-electron chi connectivity index (χ1n) is 10.0. The highest BCUT2D eigenvalue weighted by molar-refractivity contribution is 9.10. The second-order valence-electron chi connectivity index (χ2n) is 7.48. The summed E-state index contributed by atoms with van der Waals surface area (Å²) in [5.74, 6) is 0.105. The second-order valence-corrected chi connectivity index (χ2v) is 10.1. The summed E-state index contributed by atoms with van der Waals surface area (Å²) in [5, 5.41) is 2.86. The van der Waals surface area contributed by atoms with Gasteiger partial charge in [0.25, 0.3) is 5.91 Å². The summed E-state index contributed by atoms with van der Waals surface area (Å²) in [4.78, 5) is 12.4. The quantitative estimate of drug-likeness (QED) is 0.434. The normalized spacial score (nSPS) is 12.2. The number of nitrogens with one attached hydrogen (secondary N) is 2. The van der Waals surface area contributed by atoms with Crippen molar-refractivity contribution in [3.8, 4) is 5.75 Å². The molecule has 3 aromatic carbocycles. The third-order valence-electron chi connectivity index (χ3n) is 4.90. The minimum atomic E-state index is -3.70. The molecule has 0 aliphatic carbocycles. The van der Waals surface area contributed by atoms with Crippen LogP contribution >= 0.6 is 15.9 Å². The van der Waals surface area contributed by atoms with Gasteiger partial charge in [-0.25, -0.2) is 13.1 Å². The highest BCUT2D eigenvalue weighted by Crippen LogP contribution is 2.25. The van der Waals surface area contributed by atoms with Gasteiger partial charge in [0.1, 0.15) is 5.75 Å². The number of amides is 1. The Balaban J connectivity index is 1.59. The van der Waals surface area contributed by atoms with E-state index in [2.05, 4.69) is 26.0 Å². The standard InChI is InChI=1S/C24H25BrN2O4S/c1-16-13-20(25)14-17(2)24(16)26-23(28)15-31-21-9-11-22(12-10-21)32(29,30)27-18(3)19-7-5-4-6-8-19/h4-14,18,27H,15H2,1-3H3,(H,26,28)/t18-/m0/s1. The van der Waals surface area contributed by atoms with E-state index in [1.807, 2.05) is 56.3 Å². The Kier molecular flexibility index (Phi) is 7.71. The smallest absolute Gasteiger partial charge is 0.262 e. The van der Waals surface area contributed by atoms with Crippen LogP contribution in [-0.2, 0) is 14.8 Å². The lowest BCUT2D eigenvalue weighted by molar-refractivity contribution is -0.118. The lowest BCUT2D eigenvalue weighted by Gasteiger charge is -2.15. The van der Waals surface area contributed by atoms with Gasteiger partial charge in [-0.2, -0.15) is 0 Å². The van der Waals surface area contributed by atoms with E-state index < -0.39 is 10.0 Å². The first kappa shape index (κ1) is 24.0. The average molecular weight is 517 g/mol. The minimum absolute atomic E-state index is 0.123. The molecule has 168 valence electrons. The van der Waals surface area contributed by atoms with Crippen LogP contribution in [0.5, 0.6) is 5.75 Å². The number of anilines is 1. The Morgan fingerprint density at radius 2 is 1.59 bits per heavy atom. The van der Waals surface area contributed by atoms with Crippen LogP contribution in [0.4, 0.5) is 5.69 Å². The Bertz CT molecular complexity index is 1170. The zero-order chi connectivity index (χ0) is 23.3. The summed E-state index contributed by atoms with van der Waals surface area (Å²) in [6.07, 6.45) is 0. The van der Waals surface area contributed by atoms with Gasteiger partial charge in [0.05, 0.1) is 4.90 Å². The topological polar surface area (TPSA) is 84.5 Å². The number of rotatable bonds is 8. The Hall–Kier alpha value is -2.68. The molecule has 1 atom stereocenters. The van der Waals surface area contributed by atoms with Crippen molar-refractivity contribution < 1.29 is 17.9 Å². The van der Waals surface area contributed by atoms with E-state index >= 15 is 0 Å². The molecular formula is C24H25BrN2O4S. The zero-order valence-corrected chi connectivity index (χ0v) is 20.5. The number of sulfonamides is 1. The number of benzene rings is 3. The highest BCUT2D eigenvalue weighted by Gasteiger charge is 2.18. The molecule has 6 nitrogen and oxygen atoms in total. The predicted molar refractivity (Wildman–Crippen MR) is 129 cm³/mol. The van der Waals surface area contributed by atoms with Crippen molar-refractivity contribution in [3.05, 3.63) is 87.9 Å². The SMILES string of the molecule is Cc1cc(Br)cc(C)c1NC(=O)COc1ccc(S(=O)(=O)N[C@@H](C)c2ccccc2)cc1. The van der Waals surface area contributed by atoms with E-state index in [-0.39, 0.29) is 23.5 Å². The molecule has 0 bridgehead atoms. The molecule has 0 saturated carbocycles. The lowest BCUT2D eigenvalue weighted by atomic mass is 10.1. The van der Waals surface area contributed by atoms with Crippen molar-refractivity contribution in [2.45, 2.75) is 31.7 Å². The number of ether oxygens (including phenoxy) is 1. The van der Waals surface area contributed by atoms with Gasteiger partial charge in [-0.1, -0.05) is 46.3 Å². The largest absolute Gasteiger partial charge is 0.484 e. The lowest BCUT2D eigenvalue weighted by Crippen LogP contribution is -2.26. The maximum atomic E-state index is 12.7. The first-order valence-corrected chi connectivity index (χ1v) is 12.3. The Morgan fingerprint density at radius 3 is 2.19 bits per heavy atom.